The Morgan fingerprint density at radius 3 is 2.93 bits per heavy atom. The van der Waals surface area contributed by atoms with E-state index in [0.29, 0.717) is 12.7 Å². The molecule has 0 aromatic carbocycles. The van der Waals surface area contributed by atoms with Crippen LogP contribution in [0.25, 0.3) is 0 Å². The van der Waals surface area contributed by atoms with Crippen LogP contribution in [0.2, 0.25) is 0 Å². The van der Waals surface area contributed by atoms with Crippen LogP contribution < -0.4 is 5.32 Å². The summed E-state index contributed by atoms with van der Waals surface area (Å²) in [6, 6.07) is 2.36. The van der Waals surface area contributed by atoms with E-state index in [1.54, 1.807) is 0 Å². The molecule has 0 radical (unpaired) electrons. The summed E-state index contributed by atoms with van der Waals surface area (Å²) in [5.74, 6) is 0. The zero-order chi connectivity index (χ0) is 9.80. The molecule has 3 atom stereocenters. The van der Waals surface area contributed by atoms with Crippen LogP contribution in [0.5, 0.6) is 0 Å². The van der Waals surface area contributed by atoms with E-state index in [-0.39, 0.29) is 12.1 Å². The van der Waals surface area contributed by atoms with Crippen molar-refractivity contribution in [3.63, 3.8) is 0 Å². The summed E-state index contributed by atoms with van der Waals surface area (Å²) in [6.45, 7) is 2.43. The summed E-state index contributed by atoms with van der Waals surface area (Å²) in [6.07, 6.45) is 3.31. The van der Waals surface area contributed by atoms with Gasteiger partial charge in [-0.25, -0.2) is 0 Å². The summed E-state index contributed by atoms with van der Waals surface area (Å²) in [4.78, 5) is 0. The maximum atomic E-state index is 8.78. The summed E-state index contributed by atoms with van der Waals surface area (Å²) in [7, 11) is 0. The second-order valence-electron chi connectivity index (χ2n) is 3.86. The third kappa shape index (κ3) is 2.24. The first-order chi connectivity index (χ1) is 6.90. The molecule has 4 nitrogen and oxygen atoms in total. The van der Waals surface area contributed by atoms with Crippen molar-refractivity contribution in [1.82, 2.24) is 5.32 Å². The van der Waals surface area contributed by atoms with Crippen molar-refractivity contribution in [2.75, 3.05) is 19.8 Å². The standard InChI is InChI=1S/C10H16N2O2/c11-6-10-9(3-5-14-10)12-7-8-2-1-4-13-8/h8-10,12H,1-5,7H2. The number of nitrogens with one attached hydrogen (secondary N) is 1. The van der Waals surface area contributed by atoms with Gasteiger partial charge in [0.15, 0.2) is 6.10 Å². The van der Waals surface area contributed by atoms with Gasteiger partial charge in [0.25, 0.3) is 0 Å². The number of hydrogen-bond acceptors (Lipinski definition) is 4. The van der Waals surface area contributed by atoms with Gasteiger partial charge in [-0.3, -0.25) is 0 Å². The zero-order valence-corrected chi connectivity index (χ0v) is 8.24. The minimum absolute atomic E-state index is 0.198. The van der Waals surface area contributed by atoms with E-state index < -0.39 is 0 Å². The molecule has 0 bridgehead atoms. The molecule has 3 unspecified atom stereocenters. The Kier molecular flexibility index (Phi) is 3.35. The molecule has 78 valence electrons. The molecule has 0 aliphatic carbocycles. The van der Waals surface area contributed by atoms with Crippen LogP contribution in [0.4, 0.5) is 0 Å². The molecule has 1 N–H and O–H groups in total. The molecule has 2 aliphatic heterocycles. The van der Waals surface area contributed by atoms with Gasteiger partial charge < -0.3 is 14.8 Å². The first-order valence-corrected chi connectivity index (χ1v) is 5.26. The minimum atomic E-state index is -0.267. The van der Waals surface area contributed by atoms with E-state index in [0.717, 1.165) is 32.4 Å². The smallest absolute Gasteiger partial charge is 0.159 e. The lowest BCUT2D eigenvalue weighted by molar-refractivity contribution is 0.101. The van der Waals surface area contributed by atoms with Crippen molar-refractivity contribution in [2.45, 2.75) is 37.5 Å². The van der Waals surface area contributed by atoms with Crippen LogP contribution >= 0.6 is 0 Å². The zero-order valence-electron chi connectivity index (χ0n) is 8.24. The molecule has 4 heteroatoms. The summed E-state index contributed by atoms with van der Waals surface area (Å²) < 4.78 is 10.8. The van der Waals surface area contributed by atoms with Gasteiger partial charge in [0, 0.05) is 19.2 Å². The van der Waals surface area contributed by atoms with E-state index >= 15 is 0 Å². The summed E-state index contributed by atoms with van der Waals surface area (Å²) in [5, 5.41) is 12.1. The topological polar surface area (TPSA) is 54.3 Å². The van der Waals surface area contributed by atoms with Crippen LogP contribution in [0.15, 0.2) is 0 Å². The second kappa shape index (κ2) is 4.74. The van der Waals surface area contributed by atoms with Crippen LogP contribution in [-0.2, 0) is 9.47 Å². The van der Waals surface area contributed by atoms with E-state index in [1.165, 1.54) is 0 Å². The molecule has 2 fully saturated rings. The third-order valence-corrected chi connectivity index (χ3v) is 2.85. The normalized spacial score (nSPS) is 37.2. The highest BCUT2D eigenvalue weighted by atomic mass is 16.5. The fraction of sp³-hybridized carbons (Fsp3) is 0.900. The largest absolute Gasteiger partial charge is 0.377 e. The number of rotatable bonds is 3. The van der Waals surface area contributed by atoms with Crippen LogP contribution in [0.3, 0.4) is 0 Å². The molecule has 2 aliphatic rings. The lowest BCUT2D eigenvalue weighted by atomic mass is 10.1. The maximum absolute atomic E-state index is 8.78. The lowest BCUT2D eigenvalue weighted by Gasteiger charge is -2.17. The van der Waals surface area contributed by atoms with Crippen molar-refractivity contribution >= 4 is 0 Å². The number of nitriles is 1. The van der Waals surface area contributed by atoms with Gasteiger partial charge in [-0.2, -0.15) is 5.26 Å². The maximum Gasteiger partial charge on any atom is 0.159 e. The molecular weight excluding hydrogens is 180 g/mol. The molecule has 0 amide bonds. The Morgan fingerprint density at radius 2 is 2.21 bits per heavy atom. The average molecular weight is 196 g/mol. The quantitative estimate of drug-likeness (QED) is 0.711. The van der Waals surface area contributed by atoms with Crippen LogP contribution in [0, 0.1) is 11.3 Å². The fourth-order valence-corrected chi connectivity index (χ4v) is 2.01. The molecule has 0 aromatic heterocycles. The SMILES string of the molecule is N#CC1OCCC1NCC1CCCO1. The van der Waals surface area contributed by atoms with Crippen LogP contribution in [0.1, 0.15) is 19.3 Å². The molecule has 0 saturated carbocycles. The van der Waals surface area contributed by atoms with E-state index in [4.69, 9.17) is 14.7 Å². The second-order valence-corrected chi connectivity index (χ2v) is 3.86. The molecule has 0 aromatic rings. The van der Waals surface area contributed by atoms with Gasteiger partial charge in [0.2, 0.25) is 0 Å². The molecule has 2 heterocycles. The van der Waals surface area contributed by atoms with Gasteiger partial charge in [0.05, 0.1) is 18.8 Å². The Morgan fingerprint density at radius 1 is 1.29 bits per heavy atom. The summed E-state index contributed by atoms with van der Waals surface area (Å²) in [5.41, 5.74) is 0. The van der Waals surface area contributed by atoms with E-state index in [9.17, 15) is 0 Å². The van der Waals surface area contributed by atoms with Crippen molar-refractivity contribution in [2.24, 2.45) is 0 Å². The van der Waals surface area contributed by atoms with E-state index in [1.807, 2.05) is 0 Å². The highest BCUT2D eigenvalue weighted by molar-refractivity contribution is 4.97. The molecule has 14 heavy (non-hydrogen) atoms. The Balaban J connectivity index is 1.71. The van der Waals surface area contributed by atoms with Crippen molar-refractivity contribution in [3.8, 4) is 6.07 Å². The lowest BCUT2D eigenvalue weighted by Crippen LogP contribution is -2.39. The number of nitrogens with zero attached hydrogens (tertiary/aromatic N) is 1. The molecule has 0 spiro atoms. The Bertz CT molecular complexity index is 221. The number of ether oxygens (including phenoxy) is 2. The van der Waals surface area contributed by atoms with Crippen molar-refractivity contribution < 1.29 is 9.47 Å². The van der Waals surface area contributed by atoms with Crippen molar-refractivity contribution in [3.05, 3.63) is 0 Å². The summed E-state index contributed by atoms with van der Waals surface area (Å²) >= 11 is 0. The van der Waals surface area contributed by atoms with Gasteiger partial charge in [-0.15, -0.1) is 0 Å². The van der Waals surface area contributed by atoms with Crippen LogP contribution in [-0.4, -0.2) is 38.0 Å². The Labute approximate surface area is 84.2 Å². The average Bonchev–Trinajstić information content (AvgIpc) is 2.85. The first-order valence-electron chi connectivity index (χ1n) is 5.26. The highest BCUT2D eigenvalue weighted by Crippen LogP contribution is 2.15. The van der Waals surface area contributed by atoms with E-state index in [2.05, 4.69) is 11.4 Å². The van der Waals surface area contributed by atoms with Gasteiger partial charge in [0.1, 0.15) is 0 Å². The predicted molar refractivity (Wildman–Crippen MR) is 50.7 cm³/mol. The number of hydrogen-bond donors (Lipinski definition) is 1. The first kappa shape index (κ1) is 9.91. The fourth-order valence-electron chi connectivity index (χ4n) is 2.01. The highest BCUT2D eigenvalue weighted by Gasteiger charge is 2.28. The van der Waals surface area contributed by atoms with Gasteiger partial charge in [-0.1, -0.05) is 0 Å². The Hall–Kier alpha value is -0.630. The van der Waals surface area contributed by atoms with Gasteiger partial charge in [-0.05, 0) is 19.3 Å². The predicted octanol–water partition coefficient (Wildman–Crippen LogP) is 0.436. The molecule has 2 saturated heterocycles. The third-order valence-electron chi connectivity index (χ3n) is 2.85. The molecule has 2 rings (SSSR count). The van der Waals surface area contributed by atoms with Crippen molar-refractivity contribution in [1.29, 1.82) is 5.26 Å². The van der Waals surface area contributed by atoms with Gasteiger partial charge >= 0.3 is 0 Å². The molecular formula is C10H16N2O2. The monoisotopic (exact) mass is 196 g/mol. The minimum Gasteiger partial charge on any atom is -0.377 e.